The number of hydrogen-bond donors (Lipinski definition) is 2. The number of hydrogen-bond acceptors (Lipinski definition) is 8. The highest BCUT2D eigenvalue weighted by Crippen LogP contribution is 2.30. The molecule has 0 aliphatic carbocycles. The summed E-state index contributed by atoms with van der Waals surface area (Å²) < 4.78 is 0. The lowest BCUT2D eigenvalue weighted by atomic mass is 10.2. The van der Waals surface area contributed by atoms with E-state index in [1.807, 2.05) is 29.8 Å². The maximum absolute atomic E-state index is 12.6. The fraction of sp³-hybridized carbons (Fsp3) is 0.0870. The Kier molecular flexibility index (Phi) is 7.36. The third-order valence-electron chi connectivity index (χ3n) is 4.62. The Morgan fingerprint density at radius 2 is 1.85 bits per heavy atom. The van der Waals surface area contributed by atoms with Gasteiger partial charge in [0, 0.05) is 33.7 Å². The average molecular weight is 511 g/mol. The summed E-state index contributed by atoms with van der Waals surface area (Å²) in [5.41, 5.74) is 1.44. The highest BCUT2D eigenvalue weighted by Gasteiger charge is 2.17. The van der Waals surface area contributed by atoms with Gasteiger partial charge in [0.05, 0.1) is 20.7 Å². The predicted molar refractivity (Wildman–Crippen MR) is 137 cm³/mol. The van der Waals surface area contributed by atoms with Crippen molar-refractivity contribution in [2.75, 3.05) is 10.6 Å². The smallest absolute Gasteiger partial charge is 0.270 e. The number of rotatable bonds is 8. The van der Waals surface area contributed by atoms with Gasteiger partial charge in [-0.25, -0.2) is 4.98 Å². The highest BCUT2D eigenvalue weighted by atomic mass is 32.2. The van der Waals surface area contributed by atoms with Gasteiger partial charge in [-0.3, -0.25) is 19.7 Å². The van der Waals surface area contributed by atoms with Crippen LogP contribution in [0, 0.1) is 10.1 Å². The van der Waals surface area contributed by atoms with E-state index < -0.39 is 10.8 Å². The second-order valence-corrected chi connectivity index (χ2v) is 10.3. The van der Waals surface area contributed by atoms with Crippen LogP contribution in [-0.4, -0.2) is 27.0 Å². The van der Waals surface area contributed by atoms with Gasteiger partial charge in [0.15, 0.2) is 5.13 Å². The molecule has 0 saturated carbocycles. The van der Waals surface area contributed by atoms with E-state index in [2.05, 4.69) is 15.6 Å². The van der Waals surface area contributed by atoms with Crippen LogP contribution in [0.5, 0.6) is 0 Å². The molecule has 2 aromatic carbocycles. The number of thiazole rings is 1. The molecule has 0 bridgehead atoms. The third-order valence-corrected chi connectivity index (χ3v) is 7.38. The Morgan fingerprint density at radius 3 is 2.56 bits per heavy atom. The molecule has 4 rings (SSSR count). The summed E-state index contributed by atoms with van der Waals surface area (Å²) >= 11 is 4.36. The van der Waals surface area contributed by atoms with Crippen LogP contribution in [-0.2, 0) is 4.79 Å². The van der Waals surface area contributed by atoms with Crippen LogP contribution >= 0.6 is 34.4 Å². The maximum Gasteiger partial charge on any atom is 0.270 e. The summed E-state index contributed by atoms with van der Waals surface area (Å²) in [4.78, 5) is 41.7. The van der Waals surface area contributed by atoms with Gasteiger partial charge in [-0.1, -0.05) is 12.1 Å². The number of carbonyl (C=O) groups is 2. The van der Waals surface area contributed by atoms with E-state index in [4.69, 9.17) is 0 Å². The van der Waals surface area contributed by atoms with Crippen LogP contribution in [0.2, 0.25) is 0 Å². The number of benzene rings is 2. The minimum Gasteiger partial charge on any atom is -0.322 e. The van der Waals surface area contributed by atoms with Crippen LogP contribution in [0.25, 0.3) is 10.6 Å². The van der Waals surface area contributed by atoms with Gasteiger partial charge >= 0.3 is 0 Å². The fourth-order valence-electron chi connectivity index (χ4n) is 2.91. The molecule has 172 valence electrons. The first-order valence-corrected chi connectivity index (χ1v) is 12.7. The molecule has 0 saturated heterocycles. The van der Waals surface area contributed by atoms with Crippen LogP contribution in [0.3, 0.4) is 0 Å². The fourth-order valence-corrected chi connectivity index (χ4v) is 5.26. The van der Waals surface area contributed by atoms with Crippen molar-refractivity contribution in [1.82, 2.24) is 4.98 Å². The van der Waals surface area contributed by atoms with Crippen LogP contribution < -0.4 is 10.6 Å². The predicted octanol–water partition coefficient (Wildman–Crippen LogP) is 6.15. The zero-order valence-corrected chi connectivity index (χ0v) is 20.2. The quantitative estimate of drug-likeness (QED) is 0.167. The van der Waals surface area contributed by atoms with Crippen molar-refractivity contribution < 1.29 is 14.5 Å². The monoisotopic (exact) mass is 510 g/mol. The molecule has 2 aromatic heterocycles. The number of anilines is 2. The Labute approximate surface area is 207 Å². The van der Waals surface area contributed by atoms with Gasteiger partial charge in [-0.05, 0) is 48.7 Å². The lowest BCUT2D eigenvalue weighted by Crippen LogP contribution is -2.22. The van der Waals surface area contributed by atoms with E-state index in [1.54, 1.807) is 35.6 Å². The molecular weight excluding hydrogens is 492 g/mol. The average Bonchev–Trinajstić information content (AvgIpc) is 3.52. The molecule has 2 N–H and O–H groups in total. The molecule has 1 unspecified atom stereocenters. The molecule has 4 aromatic rings. The van der Waals surface area contributed by atoms with E-state index in [9.17, 15) is 19.7 Å². The van der Waals surface area contributed by atoms with Crippen molar-refractivity contribution in [2.45, 2.75) is 17.1 Å². The molecule has 34 heavy (non-hydrogen) atoms. The summed E-state index contributed by atoms with van der Waals surface area (Å²) in [5.74, 6) is -0.595. The Bertz CT molecular complexity index is 1320. The maximum atomic E-state index is 12.6. The van der Waals surface area contributed by atoms with E-state index >= 15 is 0 Å². The third kappa shape index (κ3) is 5.87. The number of thiophene rings is 1. The van der Waals surface area contributed by atoms with E-state index in [0.29, 0.717) is 10.8 Å². The topological polar surface area (TPSA) is 114 Å². The summed E-state index contributed by atoms with van der Waals surface area (Å²) in [5, 5.41) is 20.6. The van der Waals surface area contributed by atoms with Gasteiger partial charge < -0.3 is 10.6 Å². The second-order valence-electron chi connectivity index (χ2n) is 7.05. The Morgan fingerprint density at radius 1 is 1.06 bits per heavy atom. The minimum absolute atomic E-state index is 0.146. The summed E-state index contributed by atoms with van der Waals surface area (Å²) in [6.45, 7) is 1.81. The Balaban J connectivity index is 1.32. The van der Waals surface area contributed by atoms with Crippen LogP contribution in [0.4, 0.5) is 16.5 Å². The van der Waals surface area contributed by atoms with Gasteiger partial charge in [0.1, 0.15) is 0 Å². The molecule has 0 spiro atoms. The molecule has 0 aliphatic heterocycles. The van der Waals surface area contributed by atoms with E-state index in [1.165, 1.54) is 47.4 Å². The molecule has 8 nitrogen and oxygen atoms in total. The van der Waals surface area contributed by atoms with Crippen LogP contribution in [0.1, 0.15) is 17.3 Å². The van der Waals surface area contributed by atoms with Gasteiger partial charge in [-0.2, -0.15) is 0 Å². The number of aromatic nitrogens is 1. The first-order valence-electron chi connectivity index (χ1n) is 10.0. The molecule has 0 radical (unpaired) electrons. The Hall–Kier alpha value is -3.54. The molecule has 2 amide bonds. The van der Waals surface area contributed by atoms with Gasteiger partial charge in [0.25, 0.3) is 11.6 Å². The number of non-ortho nitro benzene ring substituents is 1. The summed E-state index contributed by atoms with van der Waals surface area (Å²) in [6.07, 6.45) is 0. The molecule has 2 heterocycles. The van der Waals surface area contributed by atoms with Crippen molar-refractivity contribution in [3.8, 4) is 10.6 Å². The molecule has 1 atom stereocenters. The zero-order valence-electron chi connectivity index (χ0n) is 17.8. The number of amides is 2. The minimum atomic E-state index is -0.544. The summed E-state index contributed by atoms with van der Waals surface area (Å²) in [6, 6.07) is 16.5. The van der Waals surface area contributed by atoms with Gasteiger partial charge in [-0.15, -0.1) is 34.4 Å². The first-order chi connectivity index (χ1) is 16.4. The molecule has 11 heteroatoms. The van der Waals surface area contributed by atoms with Crippen molar-refractivity contribution in [2.24, 2.45) is 0 Å². The van der Waals surface area contributed by atoms with Crippen molar-refractivity contribution in [3.05, 3.63) is 87.1 Å². The van der Waals surface area contributed by atoms with Crippen molar-refractivity contribution in [1.29, 1.82) is 0 Å². The number of thioether (sulfide) groups is 1. The number of carbonyl (C=O) groups excluding carboxylic acids is 2. The normalized spacial score (nSPS) is 11.6. The van der Waals surface area contributed by atoms with Gasteiger partial charge in [0.2, 0.25) is 5.91 Å². The number of nitro benzene ring substituents is 1. The molecule has 0 fully saturated rings. The lowest BCUT2D eigenvalue weighted by Gasteiger charge is -2.11. The number of nitrogens with zero attached hydrogens (tertiary/aromatic N) is 2. The van der Waals surface area contributed by atoms with Crippen LogP contribution in [0.15, 0.2) is 76.3 Å². The standard InChI is InChI=1S/C23H18N4O4S3/c1-14(21(28)26-23-25-19(13-33-23)20-6-3-11-32-20)34-18-9-7-16(8-10-18)24-22(29)15-4-2-5-17(12-15)27(30)31/h2-14H,1H3,(H,24,29)(H,25,26,28). The lowest BCUT2D eigenvalue weighted by molar-refractivity contribution is -0.384. The zero-order chi connectivity index (χ0) is 24.1. The van der Waals surface area contributed by atoms with E-state index in [0.717, 1.165) is 15.5 Å². The first kappa shape index (κ1) is 23.6. The van der Waals surface area contributed by atoms with Crippen molar-refractivity contribution >= 4 is 62.8 Å². The number of nitro groups is 1. The second kappa shape index (κ2) is 10.6. The van der Waals surface area contributed by atoms with E-state index in [-0.39, 0.29) is 22.4 Å². The summed E-state index contributed by atoms with van der Waals surface area (Å²) in [7, 11) is 0. The number of nitrogens with one attached hydrogen (secondary N) is 2. The SMILES string of the molecule is CC(Sc1ccc(NC(=O)c2cccc([N+](=O)[O-])c2)cc1)C(=O)Nc1nc(-c2cccs2)cs1. The highest BCUT2D eigenvalue weighted by molar-refractivity contribution is 8.00. The molecule has 0 aliphatic rings. The van der Waals surface area contributed by atoms with Crippen molar-refractivity contribution in [3.63, 3.8) is 0 Å². The molecular formula is C23H18N4O4S3. The largest absolute Gasteiger partial charge is 0.322 e.